The van der Waals surface area contributed by atoms with E-state index in [1.165, 1.54) is 7.05 Å². The van der Waals surface area contributed by atoms with Gasteiger partial charge in [-0.05, 0) is 7.05 Å². The van der Waals surface area contributed by atoms with Gasteiger partial charge < -0.3 is 30.5 Å². The van der Waals surface area contributed by atoms with Crippen molar-refractivity contribution in [3.05, 3.63) is 0 Å². The molecule has 0 radical (unpaired) electrons. The van der Waals surface area contributed by atoms with Gasteiger partial charge in [0.05, 0.1) is 12.6 Å². The minimum Gasteiger partial charge on any atom is -0.394 e. The lowest BCUT2D eigenvalue weighted by Crippen LogP contribution is -2.51. The number of aliphatic hydroxyl groups excluding tert-OH is 4. The summed E-state index contributed by atoms with van der Waals surface area (Å²) in [6, 6.07) is -0.962. The average Bonchev–Trinajstić information content (AvgIpc) is 2.17. The van der Waals surface area contributed by atoms with E-state index in [9.17, 15) is 9.90 Å². The molecule has 0 amide bonds. The fourth-order valence-corrected chi connectivity index (χ4v) is 0.867. The number of rotatable bonds is 6. The molecule has 0 aromatic carbocycles. The lowest BCUT2D eigenvalue weighted by Gasteiger charge is -2.25. The number of aldehydes is 1. The molecule has 0 saturated carbocycles. The molecule has 0 rings (SSSR count). The smallest absolute Gasteiger partial charge is 0.139 e. The first-order valence-electron chi connectivity index (χ1n) is 3.86. The number of nitrogens with one attached hydrogen (secondary N) is 1. The van der Waals surface area contributed by atoms with Crippen molar-refractivity contribution in [2.24, 2.45) is 0 Å². The molecule has 6 heteroatoms. The Balaban J connectivity index is 4.21. The first-order chi connectivity index (χ1) is 6.08. The van der Waals surface area contributed by atoms with Crippen LogP contribution in [0, 0.1) is 0 Å². The number of hydrogen-bond acceptors (Lipinski definition) is 6. The summed E-state index contributed by atoms with van der Waals surface area (Å²) < 4.78 is 0. The molecular weight excluding hydrogens is 178 g/mol. The zero-order chi connectivity index (χ0) is 10.4. The second-order valence-corrected chi connectivity index (χ2v) is 2.68. The van der Waals surface area contributed by atoms with Crippen LogP contribution in [-0.4, -0.2) is 64.7 Å². The van der Waals surface area contributed by atoms with Crippen LogP contribution in [-0.2, 0) is 4.79 Å². The molecule has 0 heterocycles. The summed E-state index contributed by atoms with van der Waals surface area (Å²) in [7, 11) is 1.43. The van der Waals surface area contributed by atoms with Crippen LogP contribution in [0.15, 0.2) is 0 Å². The van der Waals surface area contributed by atoms with Crippen molar-refractivity contribution in [3.8, 4) is 0 Å². The van der Waals surface area contributed by atoms with Gasteiger partial charge in [-0.3, -0.25) is 0 Å². The molecule has 0 aliphatic rings. The molecule has 0 spiro atoms. The van der Waals surface area contributed by atoms with Gasteiger partial charge in [-0.25, -0.2) is 0 Å². The monoisotopic (exact) mass is 193 g/mol. The van der Waals surface area contributed by atoms with Crippen molar-refractivity contribution in [1.82, 2.24) is 5.32 Å². The minimum absolute atomic E-state index is 0.415. The largest absolute Gasteiger partial charge is 0.394 e. The van der Waals surface area contributed by atoms with Crippen LogP contribution in [0.1, 0.15) is 0 Å². The van der Waals surface area contributed by atoms with Crippen molar-refractivity contribution >= 4 is 6.29 Å². The molecule has 0 unspecified atom stereocenters. The van der Waals surface area contributed by atoms with Crippen LogP contribution in [0.25, 0.3) is 0 Å². The highest BCUT2D eigenvalue weighted by molar-refractivity contribution is 5.58. The Labute approximate surface area is 75.8 Å². The summed E-state index contributed by atoms with van der Waals surface area (Å²) in [5.74, 6) is 0. The molecule has 6 nitrogen and oxygen atoms in total. The second-order valence-electron chi connectivity index (χ2n) is 2.68. The maximum atomic E-state index is 10.3. The maximum absolute atomic E-state index is 10.3. The van der Waals surface area contributed by atoms with E-state index in [1.54, 1.807) is 0 Å². The Morgan fingerprint density at radius 3 is 2.15 bits per heavy atom. The molecule has 0 aromatic heterocycles. The normalized spacial score (nSPS) is 20.4. The summed E-state index contributed by atoms with van der Waals surface area (Å²) in [5, 5.41) is 38.2. The molecule has 78 valence electrons. The first kappa shape index (κ1) is 12.5. The van der Waals surface area contributed by atoms with Crippen LogP contribution in [0.5, 0.6) is 0 Å². The molecule has 5 N–H and O–H groups in total. The Morgan fingerprint density at radius 2 is 1.85 bits per heavy atom. The fraction of sp³-hybridized carbons (Fsp3) is 0.857. The predicted octanol–water partition coefficient (Wildman–Crippen LogP) is -3.15. The fourth-order valence-electron chi connectivity index (χ4n) is 0.867. The molecule has 0 bridgehead atoms. The van der Waals surface area contributed by atoms with Gasteiger partial charge in [0.15, 0.2) is 0 Å². The highest BCUT2D eigenvalue weighted by Crippen LogP contribution is 2.03. The molecule has 0 saturated heterocycles. The van der Waals surface area contributed by atoms with E-state index in [4.69, 9.17) is 15.3 Å². The summed E-state index contributed by atoms with van der Waals surface area (Å²) in [4.78, 5) is 10.3. The molecule has 0 fully saturated rings. The second kappa shape index (κ2) is 6.01. The van der Waals surface area contributed by atoms with E-state index < -0.39 is 31.0 Å². The molecule has 0 aromatic rings. The third-order valence-corrected chi connectivity index (χ3v) is 1.78. The quantitative estimate of drug-likeness (QED) is 0.285. The van der Waals surface area contributed by atoms with Gasteiger partial charge in [-0.15, -0.1) is 0 Å². The van der Waals surface area contributed by atoms with E-state index >= 15 is 0 Å². The highest BCUT2D eigenvalue weighted by Gasteiger charge is 2.29. The minimum atomic E-state index is -1.55. The van der Waals surface area contributed by atoms with Gasteiger partial charge in [0, 0.05) is 0 Å². The van der Waals surface area contributed by atoms with Crippen molar-refractivity contribution in [1.29, 1.82) is 0 Å². The van der Waals surface area contributed by atoms with Crippen molar-refractivity contribution in [3.63, 3.8) is 0 Å². The van der Waals surface area contributed by atoms with Gasteiger partial charge in [-0.2, -0.15) is 0 Å². The van der Waals surface area contributed by atoms with Crippen LogP contribution < -0.4 is 5.32 Å². The third kappa shape index (κ3) is 3.37. The Kier molecular flexibility index (Phi) is 5.76. The number of carbonyl (C=O) groups excluding carboxylic acids is 1. The zero-order valence-corrected chi connectivity index (χ0v) is 7.29. The number of hydrogen-bond donors (Lipinski definition) is 5. The third-order valence-electron chi connectivity index (χ3n) is 1.78. The molecule has 13 heavy (non-hydrogen) atoms. The zero-order valence-electron chi connectivity index (χ0n) is 7.29. The van der Waals surface area contributed by atoms with Crippen LogP contribution in [0.4, 0.5) is 0 Å². The summed E-state index contributed by atoms with van der Waals surface area (Å²) >= 11 is 0. The van der Waals surface area contributed by atoms with E-state index in [2.05, 4.69) is 5.32 Å². The molecule has 0 aliphatic carbocycles. The van der Waals surface area contributed by atoms with Crippen LogP contribution in [0.2, 0.25) is 0 Å². The topological polar surface area (TPSA) is 110 Å². The van der Waals surface area contributed by atoms with Crippen LogP contribution >= 0.6 is 0 Å². The lowest BCUT2D eigenvalue weighted by molar-refractivity contribution is -0.119. The Hall–Kier alpha value is -0.530. The summed E-state index contributed by atoms with van der Waals surface area (Å²) in [6.45, 7) is -0.673. The van der Waals surface area contributed by atoms with Gasteiger partial charge in [0.1, 0.15) is 24.6 Å². The van der Waals surface area contributed by atoms with Gasteiger partial charge in [0.2, 0.25) is 0 Å². The maximum Gasteiger partial charge on any atom is 0.139 e. The first-order valence-corrected chi connectivity index (χ1v) is 3.86. The molecular formula is C7H15NO5. The van der Waals surface area contributed by atoms with E-state index in [1.807, 2.05) is 0 Å². The Bertz CT molecular complexity index is 154. The number of aliphatic hydroxyl groups is 4. The average molecular weight is 193 g/mol. The Morgan fingerprint density at radius 1 is 1.31 bits per heavy atom. The van der Waals surface area contributed by atoms with Gasteiger partial charge >= 0.3 is 0 Å². The van der Waals surface area contributed by atoms with Crippen molar-refractivity contribution < 1.29 is 25.2 Å². The van der Waals surface area contributed by atoms with Gasteiger partial charge in [0.25, 0.3) is 0 Å². The van der Waals surface area contributed by atoms with E-state index in [0.717, 1.165) is 0 Å². The predicted molar refractivity (Wildman–Crippen MR) is 44.0 cm³/mol. The molecule has 4 atom stereocenters. The molecule has 0 aliphatic heterocycles. The highest BCUT2D eigenvalue weighted by atomic mass is 16.4. The van der Waals surface area contributed by atoms with E-state index in [0.29, 0.717) is 6.29 Å². The summed E-state index contributed by atoms with van der Waals surface area (Å²) in [5.41, 5.74) is 0. The number of carbonyl (C=O) groups is 1. The SMILES string of the molecule is CN[C@@H](C=O)[C@@H](O)[C@@H](O)[C@H](O)CO. The van der Waals surface area contributed by atoms with Crippen molar-refractivity contribution in [2.45, 2.75) is 24.4 Å². The van der Waals surface area contributed by atoms with Crippen molar-refractivity contribution in [2.75, 3.05) is 13.7 Å². The van der Waals surface area contributed by atoms with Gasteiger partial charge in [-0.1, -0.05) is 0 Å². The standard InChI is InChI=1S/C7H15NO5/c1-8-4(2-9)6(12)7(13)5(11)3-10/h2,4-8,10-13H,3H2,1H3/t4-,5+,6+,7-/m0/s1. The number of likely N-dealkylation sites (N-methyl/N-ethyl adjacent to an activating group) is 1. The van der Waals surface area contributed by atoms with Crippen LogP contribution in [0.3, 0.4) is 0 Å². The summed E-state index contributed by atoms with van der Waals surface area (Å²) in [6.07, 6.45) is -4.03. The van der Waals surface area contributed by atoms with E-state index in [-0.39, 0.29) is 0 Å². The lowest BCUT2D eigenvalue weighted by atomic mass is 10.0.